The summed E-state index contributed by atoms with van der Waals surface area (Å²) in [5, 5.41) is 0. The SMILES string of the molecule is C=C1Cc2ccccc2OC1c1ccccc1. The highest BCUT2D eigenvalue weighted by atomic mass is 16.5. The van der Waals surface area contributed by atoms with Crippen LogP contribution in [0.15, 0.2) is 66.7 Å². The fourth-order valence-electron chi connectivity index (χ4n) is 2.24. The average Bonchev–Trinajstić information content (AvgIpc) is 2.39. The minimum absolute atomic E-state index is 0.00824. The predicted octanol–water partition coefficient (Wildman–Crippen LogP) is 3.92. The first kappa shape index (κ1) is 10.2. The summed E-state index contributed by atoms with van der Waals surface area (Å²) in [6.45, 7) is 4.15. The average molecular weight is 222 g/mol. The molecule has 0 saturated heterocycles. The molecule has 1 heteroatoms. The first-order valence-electron chi connectivity index (χ1n) is 5.82. The van der Waals surface area contributed by atoms with E-state index in [-0.39, 0.29) is 6.10 Å². The van der Waals surface area contributed by atoms with Crippen molar-refractivity contribution in [1.29, 1.82) is 0 Å². The maximum absolute atomic E-state index is 6.03. The molecule has 1 atom stereocenters. The van der Waals surface area contributed by atoms with Gasteiger partial charge in [-0.05, 0) is 22.8 Å². The normalized spacial score (nSPS) is 18.4. The van der Waals surface area contributed by atoms with Crippen LogP contribution in [0.25, 0.3) is 0 Å². The highest BCUT2D eigenvalue weighted by molar-refractivity contribution is 5.42. The van der Waals surface area contributed by atoms with Crippen LogP contribution >= 0.6 is 0 Å². The topological polar surface area (TPSA) is 9.23 Å². The Morgan fingerprint density at radius 1 is 0.941 bits per heavy atom. The van der Waals surface area contributed by atoms with E-state index in [0.29, 0.717) is 0 Å². The molecular formula is C16H14O. The molecule has 1 nitrogen and oxygen atoms in total. The summed E-state index contributed by atoms with van der Waals surface area (Å²) in [7, 11) is 0. The zero-order valence-electron chi connectivity index (χ0n) is 9.60. The number of para-hydroxylation sites is 1. The van der Waals surface area contributed by atoms with Gasteiger partial charge < -0.3 is 4.74 Å². The summed E-state index contributed by atoms with van der Waals surface area (Å²) in [5.74, 6) is 0.980. The molecule has 1 aliphatic heterocycles. The van der Waals surface area contributed by atoms with Crippen LogP contribution in [0.2, 0.25) is 0 Å². The Kier molecular flexibility index (Phi) is 2.45. The van der Waals surface area contributed by atoms with E-state index in [4.69, 9.17) is 4.74 Å². The van der Waals surface area contributed by atoms with E-state index in [1.807, 2.05) is 36.4 Å². The maximum atomic E-state index is 6.03. The Morgan fingerprint density at radius 2 is 1.65 bits per heavy atom. The standard InChI is InChI=1S/C16H14O/c1-12-11-14-9-5-6-10-15(14)17-16(12)13-7-3-2-4-8-13/h2-10,16H,1,11H2. The van der Waals surface area contributed by atoms with Gasteiger partial charge in [0.1, 0.15) is 11.9 Å². The lowest BCUT2D eigenvalue weighted by atomic mass is 9.93. The number of benzene rings is 2. The third-order valence-corrected chi connectivity index (χ3v) is 3.11. The second-order valence-corrected chi connectivity index (χ2v) is 4.35. The summed E-state index contributed by atoms with van der Waals surface area (Å²) in [6, 6.07) is 18.4. The minimum atomic E-state index is -0.00824. The Bertz CT molecular complexity index is 542. The van der Waals surface area contributed by atoms with Crippen molar-refractivity contribution in [2.45, 2.75) is 12.5 Å². The lowest BCUT2D eigenvalue weighted by Gasteiger charge is -2.28. The third kappa shape index (κ3) is 1.84. The molecule has 0 N–H and O–H groups in total. The van der Waals surface area contributed by atoms with Crippen LogP contribution in [0.1, 0.15) is 17.2 Å². The molecular weight excluding hydrogens is 208 g/mol. The molecule has 1 heterocycles. The van der Waals surface area contributed by atoms with Gasteiger partial charge >= 0.3 is 0 Å². The molecule has 2 aromatic rings. The lowest BCUT2D eigenvalue weighted by molar-refractivity contribution is 0.225. The molecule has 3 rings (SSSR count). The summed E-state index contributed by atoms with van der Waals surface area (Å²) < 4.78 is 6.03. The van der Waals surface area contributed by atoms with Crippen molar-refractivity contribution in [3.63, 3.8) is 0 Å². The molecule has 1 unspecified atom stereocenters. The van der Waals surface area contributed by atoms with Gasteiger partial charge in [-0.15, -0.1) is 0 Å². The smallest absolute Gasteiger partial charge is 0.145 e. The number of fused-ring (bicyclic) bond motifs is 1. The predicted molar refractivity (Wildman–Crippen MR) is 69.1 cm³/mol. The maximum Gasteiger partial charge on any atom is 0.145 e. The first-order chi connectivity index (χ1) is 8.34. The molecule has 0 amide bonds. The number of ether oxygens (including phenoxy) is 1. The van der Waals surface area contributed by atoms with Gasteiger partial charge in [-0.1, -0.05) is 55.1 Å². The van der Waals surface area contributed by atoms with E-state index in [2.05, 4.69) is 24.8 Å². The van der Waals surface area contributed by atoms with E-state index >= 15 is 0 Å². The van der Waals surface area contributed by atoms with Crippen LogP contribution in [0.3, 0.4) is 0 Å². The zero-order valence-corrected chi connectivity index (χ0v) is 9.60. The van der Waals surface area contributed by atoms with Crippen molar-refractivity contribution >= 4 is 0 Å². The quantitative estimate of drug-likeness (QED) is 0.664. The van der Waals surface area contributed by atoms with Crippen molar-refractivity contribution in [1.82, 2.24) is 0 Å². The second kappa shape index (κ2) is 4.10. The lowest BCUT2D eigenvalue weighted by Crippen LogP contribution is -2.17. The molecule has 2 aromatic carbocycles. The largest absolute Gasteiger partial charge is 0.481 e. The van der Waals surface area contributed by atoms with Crippen molar-refractivity contribution in [2.24, 2.45) is 0 Å². The van der Waals surface area contributed by atoms with Crippen molar-refractivity contribution in [2.75, 3.05) is 0 Å². The molecule has 17 heavy (non-hydrogen) atoms. The van der Waals surface area contributed by atoms with Gasteiger partial charge in [0.15, 0.2) is 0 Å². The van der Waals surface area contributed by atoms with Crippen molar-refractivity contribution in [3.05, 3.63) is 77.9 Å². The highest BCUT2D eigenvalue weighted by Crippen LogP contribution is 2.37. The summed E-state index contributed by atoms with van der Waals surface area (Å²) in [4.78, 5) is 0. The molecule has 0 spiro atoms. The monoisotopic (exact) mass is 222 g/mol. The fraction of sp³-hybridized carbons (Fsp3) is 0.125. The van der Waals surface area contributed by atoms with E-state index in [1.54, 1.807) is 0 Å². The number of hydrogen-bond donors (Lipinski definition) is 0. The Balaban J connectivity index is 1.98. The minimum Gasteiger partial charge on any atom is -0.481 e. The van der Waals surface area contributed by atoms with E-state index in [9.17, 15) is 0 Å². The summed E-state index contributed by atoms with van der Waals surface area (Å²) in [6.07, 6.45) is 0.890. The third-order valence-electron chi connectivity index (χ3n) is 3.11. The molecule has 84 valence electrons. The van der Waals surface area contributed by atoms with Crippen LogP contribution in [0, 0.1) is 0 Å². The van der Waals surface area contributed by atoms with Gasteiger partial charge in [0, 0.05) is 6.42 Å². The van der Waals surface area contributed by atoms with Crippen molar-refractivity contribution < 1.29 is 4.74 Å². The molecule has 0 fully saturated rings. The Hall–Kier alpha value is -2.02. The molecule has 0 saturated carbocycles. The van der Waals surface area contributed by atoms with Crippen molar-refractivity contribution in [3.8, 4) is 5.75 Å². The molecule has 0 bridgehead atoms. The van der Waals surface area contributed by atoms with Crippen LogP contribution in [0.4, 0.5) is 0 Å². The zero-order chi connectivity index (χ0) is 11.7. The van der Waals surface area contributed by atoms with Gasteiger partial charge in [-0.25, -0.2) is 0 Å². The summed E-state index contributed by atoms with van der Waals surface area (Å²) in [5.41, 5.74) is 3.52. The molecule has 0 aromatic heterocycles. The Labute approximate surface area is 101 Å². The van der Waals surface area contributed by atoms with Gasteiger partial charge in [-0.2, -0.15) is 0 Å². The Morgan fingerprint density at radius 3 is 2.47 bits per heavy atom. The summed E-state index contributed by atoms with van der Waals surface area (Å²) >= 11 is 0. The fourth-order valence-corrected chi connectivity index (χ4v) is 2.24. The second-order valence-electron chi connectivity index (χ2n) is 4.35. The number of rotatable bonds is 1. The molecule has 1 aliphatic rings. The van der Waals surface area contributed by atoms with E-state index in [1.165, 1.54) is 11.1 Å². The van der Waals surface area contributed by atoms with Gasteiger partial charge in [0.05, 0.1) is 0 Å². The van der Waals surface area contributed by atoms with Crippen LogP contribution in [0.5, 0.6) is 5.75 Å². The van der Waals surface area contributed by atoms with Crippen LogP contribution < -0.4 is 4.74 Å². The van der Waals surface area contributed by atoms with Gasteiger partial charge in [-0.3, -0.25) is 0 Å². The van der Waals surface area contributed by atoms with Crippen LogP contribution in [-0.2, 0) is 6.42 Å². The number of hydrogen-bond acceptors (Lipinski definition) is 1. The first-order valence-corrected chi connectivity index (χ1v) is 5.82. The van der Waals surface area contributed by atoms with Gasteiger partial charge in [0.2, 0.25) is 0 Å². The van der Waals surface area contributed by atoms with Gasteiger partial charge in [0.25, 0.3) is 0 Å². The molecule has 0 aliphatic carbocycles. The highest BCUT2D eigenvalue weighted by Gasteiger charge is 2.23. The van der Waals surface area contributed by atoms with E-state index in [0.717, 1.165) is 17.7 Å². The molecule has 0 radical (unpaired) electrons. The van der Waals surface area contributed by atoms with Crippen LogP contribution in [-0.4, -0.2) is 0 Å². The van der Waals surface area contributed by atoms with E-state index < -0.39 is 0 Å².